The molecule has 2 N–H and O–H groups in total. The molecular weight excluding hydrogens is 272 g/mol. The molecule has 0 aliphatic carbocycles. The number of benzene rings is 1. The highest BCUT2D eigenvalue weighted by molar-refractivity contribution is 8.00. The van der Waals surface area contributed by atoms with Crippen LogP contribution in [0.1, 0.15) is 5.56 Å². The van der Waals surface area contributed by atoms with Gasteiger partial charge in [0.1, 0.15) is 0 Å². The molecule has 0 aromatic heterocycles. The summed E-state index contributed by atoms with van der Waals surface area (Å²) in [5.41, 5.74) is 1.21. The van der Waals surface area contributed by atoms with Gasteiger partial charge in [0.05, 0.1) is 12.4 Å². The Morgan fingerprint density at radius 2 is 2.35 bits per heavy atom. The van der Waals surface area contributed by atoms with E-state index in [0.29, 0.717) is 18.9 Å². The molecule has 0 fully saturated rings. The molecule has 20 heavy (non-hydrogen) atoms. The molecule has 0 heterocycles. The number of rotatable bonds is 10. The molecule has 0 unspecified atom stereocenters. The van der Waals surface area contributed by atoms with E-state index in [1.54, 1.807) is 13.2 Å². The molecule has 0 atom stereocenters. The lowest BCUT2D eigenvalue weighted by atomic mass is 10.2. The number of methoxy groups -OCH3 is 1. The third-order valence-electron chi connectivity index (χ3n) is 2.52. The van der Waals surface area contributed by atoms with Gasteiger partial charge in [-0.15, -0.1) is 18.3 Å². The van der Waals surface area contributed by atoms with Gasteiger partial charge in [0.25, 0.3) is 0 Å². The van der Waals surface area contributed by atoms with Crippen LogP contribution in [-0.2, 0) is 16.1 Å². The van der Waals surface area contributed by atoms with Crippen molar-refractivity contribution in [2.45, 2.75) is 11.4 Å². The Hall–Kier alpha value is -1.30. The molecule has 110 valence electrons. The first-order valence-corrected chi connectivity index (χ1v) is 7.54. The van der Waals surface area contributed by atoms with Crippen molar-refractivity contribution < 1.29 is 9.53 Å². The smallest absolute Gasteiger partial charge is 0.230 e. The third kappa shape index (κ3) is 7.33. The van der Waals surface area contributed by atoms with Crippen LogP contribution in [-0.4, -0.2) is 38.5 Å². The Morgan fingerprint density at radius 1 is 1.50 bits per heavy atom. The van der Waals surface area contributed by atoms with Crippen molar-refractivity contribution in [3.05, 3.63) is 42.5 Å². The summed E-state index contributed by atoms with van der Waals surface area (Å²) in [7, 11) is 1.69. The van der Waals surface area contributed by atoms with E-state index >= 15 is 0 Å². The molecule has 0 saturated heterocycles. The molecule has 5 heteroatoms. The van der Waals surface area contributed by atoms with Crippen LogP contribution in [0.5, 0.6) is 0 Å². The molecule has 0 aliphatic heterocycles. The van der Waals surface area contributed by atoms with Gasteiger partial charge >= 0.3 is 0 Å². The van der Waals surface area contributed by atoms with E-state index in [0.717, 1.165) is 18.0 Å². The van der Waals surface area contributed by atoms with Gasteiger partial charge in [-0.1, -0.05) is 18.2 Å². The number of carbonyl (C=O) groups is 1. The largest absolute Gasteiger partial charge is 0.383 e. The minimum Gasteiger partial charge on any atom is -0.383 e. The van der Waals surface area contributed by atoms with Crippen molar-refractivity contribution >= 4 is 17.7 Å². The predicted octanol–water partition coefficient (Wildman–Crippen LogP) is 1.82. The van der Waals surface area contributed by atoms with Gasteiger partial charge in [0.15, 0.2) is 0 Å². The highest BCUT2D eigenvalue weighted by Gasteiger charge is 2.02. The van der Waals surface area contributed by atoms with Crippen LogP contribution in [0, 0.1) is 0 Å². The summed E-state index contributed by atoms with van der Waals surface area (Å²) in [6.45, 7) is 6.43. The van der Waals surface area contributed by atoms with Gasteiger partial charge in [-0.25, -0.2) is 0 Å². The number of nitrogens with one attached hydrogen (secondary N) is 2. The molecule has 0 radical (unpaired) electrons. The zero-order valence-electron chi connectivity index (χ0n) is 11.9. The monoisotopic (exact) mass is 294 g/mol. The van der Waals surface area contributed by atoms with Crippen LogP contribution in [0.15, 0.2) is 41.8 Å². The first-order valence-electron chi connectivity index (χ1n) is 6.55. The van der Waals surface area contributed by atoms with Crippen molar-refractivity contribution in [2.24, 2.45) is 0 Å². The van der Waals surface area contributed by atoms with Gasteiger partial charge in [-0.3, -0.25) is 4.79 Å². The Labute approximate surface area is 125 Å². The second-order valence-corrected chi connectivity index (χ2v) is 5.25. The topological polar surface area (TPSA) is 50.4 Å². The maximum Gasteiger partial charge on any atom is 0.230 e. The highest BCUT2D eigenvalue weighted by Crippen LogP contribution is 2.18. The van der Waals surface area contributed by atoms with Gasteiger partial charge in [0, 0.05) is 31.6 Å². The molecule has 0 saturated carbocycles. The van der Waals surface area contributed by atoms with Crippen molar-refractivity contribution in [1.82, 2.24) is 10.6 Å². The Morgan fingerprint density at radius 3 is 3.10 bits per heavy atom. The van der Waals surface area contributed by atoms with Crippen molar-refractivity contribution in [2.75, 3.05) is 32.6 Å². The summed E-state index contributed by atoms with van der Waals surface area (Å²) in [6.07, 6.45) is 1.68. The number of thioether (sulfide) groups is 1. The third-order valence-corrected chi connectivity index (χ3v) is 3.52. The molecule has 1 amide bonds. The normalized spacial score (nSPS) is 10.2. The van der Waals surface area contributed by atoms with Crippen molar-refractivity contribution in [3.63, 3.8) is 0 Å². The number of ether oxygens (including phenoxy) is 1. The van der Waals surface area contributed by atoms with Crippen LogP contribution in [0.25, 0.3) is 0 Å². The first kappa shape index (κ1) is 16.8. The summed E-state index contributed by atoms with van der Waals surface area (Å²) in [5, 5.41) is 6.06. The van der Waals surface area contributed by atoms with Crippen LogP contribution in [0.3, 0.4) is 0 Å². The molecule has 0 spiro atoms. The van der Waals surface area contributed by atoms with Crippen LogP contribution in [0.4, 0.5) is 0 Å². The number of carbonyl (C=O) groups excluding carboxylic acids is 1. The summed E-state index contributed by atoms with van der Waals surface area (Å²) in [4.78, 5) is 12.6. The minimum atomic E-state index is 0.0264. The molecule has 0 aliphatic rings. The fourth-order valence-electron chi connectivity index (χ4n) is 1.54. The van der Waals surface area contributed by atoms with Gasteiger partial charge in [-0.05, 0) is 17.7 Å². The number of hydrogen-bond donors (Lipinski definition) is 2. The van der Waals surface area contributed by atoms with Gasteiger partial charge in [0.2, 0.25) is 5.91 Å². The second kappa shape index (κ2) is 10.5. The van der Waals surface area contributed by atoms with E-state index in [1.807, 2.05) is 12.1 Å². The standard InChI is InChI=1S/C15H22N2O2S/c1-3-7-17-15(18)12-20-14-6-4-5-13(10-14)11-16-8-9-19-2/h3-6,10,16H,1,7-9,11-12H2,2H3,(H,17,18). The zero-order valence-corrected chi connectivity index (χ0v) is 12.7. The Balaban J connectivity index is 2.35. The number of hydrogen-bond acceptors (Lipinski definition) is 4. The van der Waals surface area contributed by atoms with E-state index in [4.69, 9.17) is 4.74 Å². The average Bonchev–Trinajstić information content (AvgIpc) is 2.48. The van der Waals surface area contributed by atoms with Crippen LogP contribution >= 0.6 is 11.8 Å². The summed E-state index contributed by atoms with van der Waals surface area (Å²) in [5.74, 6) is 0.451. The lowest BCUT2D eigenvalue weighted by molar-refractivity contribution is -0.118. The van der Waals surface area contributed by atoms with Crippen molar-refractivity contribution in [3.8, 4) is 0 Å². The average molecular weight is 294 g/mol. The lowest BCUT2D eigenvalue weighted by Gasteiger charge is -2.07. The zero-order chi connectivity index (χ0) is 14.6. The van der Waals surface area contributed by atoms with Gasteiger partial charge in [-0.2, -0.15) is 0 Å². The van der Waals surface area contributed by atoms with E-state index in [9.17, 15) is 4.79 Å². The maximum absolute atomic E-state index is 11.5. The highest BCUT2D eigenvalue weighted by atomic mass is 32.2. The van der Waals surface area contributed by atoms with Crippen LogP contribution < -0.4 is 10.6 Å². The second-order valence-electron chi connectivity index (χ2n) is 4.20. The molecule has 1 aromatic rings. The fourth-order valence-corrected chi connectivity index (χ4v) is 2.35. The van der Waals surface area contributed by atoms with E-state index in [-0.39, 0.29) is 5.91 Å². The molecule has 1 aromatic carbocycles. The predicted molar refractivity (Wildman–Crippen MR) is 84.0 cm³/mol. The van der Waals surface area contributed by atoms with E-state index in [2.05, 4.69) is 29.3 Å². The van der Waals surface area contributed by atoms with Crippen LogP contribution in [0.2, 0.25) is 0 Å². The minimum absolute atomic E-state index is 0.0264. The molecular formula is C15H22N2O2S. The molecule has 4 nitrogen and oxygen atoms in total. The van der Waals surface area contributed by atoms with E-state index < -0.39 is 0 Å². The maximum atomic E-state index is 11.5. The Bertz CT molecular complexity index is 424. The molecule has 0 bridgehead atoms. The quantitative estimate of drug-likeness (QED) is 0.393. The fraction of sp³-hybridized carbons (Fsp3) is 0.400. The summed E-state index contributed by atoms with van der Waals surface area (Å²) < 4.78 is 4.98. The van der Waals surface area contributed by atoms with Crippen molar-refractivity contribution in [1.29, 1.82) is 0 Å². The number of amides is 1. The SMILES string of the molecule is C=CCNC(=O)CSc1cccc(CNCCOC)c1. The lowest BCUT2D eigenvalue weighted by Crippen LogP contribution is -2.24. The first-order chi connectivity index (χ1) is 9.76. The summed E-state index contributed by atoms with van der Waals surface area (Å²) in [6, 6.07) is 8.20. The molecule has 1 rings (SSSR count). The van der Waals surface area contributed by atoms with Gasteiger partial charge < -0.3 is 15.4 Å². The van der Waals surface area contributed by atoms with E-state index in [1.165, 1.54) is 17.3 Å². The summed E-state index contributed by atoms with van der Waals surface area (Å²) >= 11 is 1.54. The Kier molecular flexibility index (Phi) is 8.78.